The molecule has 6 nitrogen and oxygen atoms in total. The number of hydrogen-bond donors (Lipinski definition) is 3. The van der Waals surface area contributed by atoms with Crippen LogP contribution in [-0.4, -0.2) is 29.6 Å². The number of rotatable bonds is 6. The zero-order valence-electron chi connectivity index (χ0n) is 12.2. The Balaban J connectivity index is 1.78. The van der Waals surface area contributed by atoms with Crippen molar-refractivity contribution in [1.29, 1.82) is 0 Å². The van der Waals surface area contributed by atoms with E-state index in [1.807, 2.05) is 0 Å². The Bertz CT molecular complexity index is 463. The van der Waals surface area contributed by atoms with Crippen molar-refractivity contribution < 1.29 is 4.92 Å². The van der Waals surface area contributed by atoms with Gasteiger partial charge in [0, 0.05) is 36.8 Å². The summed E-state index contributed by atoms with van der Waals surface area (Å²) in [5.41, 5.74) is 13.4. The van der Waals surface area contributed by atoms with Gasteiger partial charge in [0.25, 0.3) is 5.69 Å². The van der Waals surface area contributed by atoms with Crippen LogP contribution in [0, 0.1) is 10.1 Å². The highest BCUT2D eigenvalue weighted by Gasteiger charge is 2.21. The van der Waals surface area contributed by atoms with Gasteiger partial charge in [-0.15, -0.1) is 0 Å². The molecule has 0 spiro atoms. The summed E-state index contributed by atoms with van der Waals surface area (Å²) in [7, 11) is 0. The normalized spacial score (nSPS) is 23.7. The Morgan fingerprint density at radius 3 is 2.57 bits per heavy atom. The minimum absolute atomic E-state index is 0.0133. The quantitative estimate of drug-likeness (QED) is 0.541. The van der Waals surface area contributed by atoms with E-state index in [2.05, 4.69) is 5.32 Å². The molecule has 0 heterocycles. The molecule has 2 rings (SSSR count). The highest BCUT2D eigenvalue weighted by atomic mass is 16.6. The zero-order chi connectivity index (χ0) is 15.2. The molecule has 116 valence electrons. The van der Waals surface area contributed by atoms with Gasteiger partial charge in [0.1, 0.15) is 0 Å². The largest absolute Gasteiger partial charge is 0.326 e. The van der Waals surface area contributed by atoms with Gasteiger partial charge in [-0.25, -0.2) is 0 Å². The molecule has 1 saturated carbocycles. The van der Waals surface area contributed by atoms with Crippen LogP contribution in [0.1, 0.15) is 31.2 Å². The number of non-ortho nitro benzene ring substituents is 1. The molecule has 1 fully saturated rings. The number of nitrogens with one attached hydrogen (secondary N) is 1. The van der Waals surface area contributed by atoms with E-state index < -0.39 is 4.92 Å². The molecule has 1 aliphatic carbocycles. The Hall–Kier alpha value is -1.50. The molecule has 0 amide bonds. The fraction of sp³-hybridized carbons (Fsp3) is 0.600. The lowest BCUT2D eigenvalue weighted by Gasteiger charge is -2.30. The summed E-state index contributed by atoms with van der Waals surface area (Å²) in [6.45, 7) is 0.718. The Morgan fingerprint density at radius 1 is 1.29 bits per heavy atom. The predicted octanol–water partition coefficient (Wildman–Crippen LogP) is 1.32. The van der Waals surface area contributed by atoms with E-state index >= 15 is 0 Å². The van der Waals surface area contributed by atoms with Crippen molar-refractivity contribution in [3.8, 4) is 0 Å². The van der Waals surface area contributed by atoms with Crippen molar-refractivity contribution in [3.05, 3.63) is 39.9 Å². The molecule has 1 aromatic carbocycles. The minimum atomic E-state index is -0.393. The van der Waals surface area contributed by atoms with Gasteiger partial charge in [-0.1, -0.05) is 25.0 Å². The van der Waals surface area contributed by atoms with Crippen LogP contribution >= 0.6 is 0 Å². The van der Waals surface area contributed by atoms with E-state index in [-0.39, 0.29) is 17.8 Å². The molecule has 0 saturated heterocycles. The molecule has 1 aliphatic rings. The van der Waals surface area contributed by atoms with E-state index in [4.69, 9.17) is 11.5 Å². The van der Waals surface area contributed by atoms with Gasteiger partial charge in [-0.2, -0.15) is 0 Å². The second kappa shape index (κ2) is 7.49. The number of hydrogen-bond acceptors (Lipinski definition) is 5. The number of benzene rings is 1. The van der Waals surface area contributed by atoms with Crippen LogP contribution in [0.25, 0.3) is 0 Å². The summed E-state index contributed by atoms with van der Waals surface area (Å²) < 4.78 is 0. The van der Waals surface area contributed by atoms with Gasteiger partial charge < -0.3 is 16.8 Å². The number of nitro groups is 1. The van der Waals surface area contributed by atoms with Crippen LogP contribution in [0.2, 0.25) is 0 Å². The standard InChI is InChI=1S/C15H24N4O2/c16-12(10-18-15-4-2-1-3-14(15)17)9-11-5-7-13(8-6-11)19(20)21/h5-8,12,14-15,18H,1-4,9-10,16-17H2/t12?,14-,15-/m1/s1. The van der Waals surface area contributed by atoms with Crippen LogP contribution in [0.5, 0.6) is 0 Å². The van der Waals surface area contributed by atoms with Crippen molar-refractivity contribution >= 4 is 5.69 Å². The topological polar surface area (TPSA) is 107 Å². The molecule has 0 aromatic heterocycles. The predicted molar refractivity (Wildman–Crippen MR) is 83.0 cm³/mol. The highest BCUT2D eigenvalue weighted by molar-refractivity contribution is 5.33. The van der Waals surface area contributed by atoms with Crippen LogP contribution < -0.4 is 16.8 Å². The third kappa shape index (κ3) is 4.77. The van der Waals surface area contributed by atoms with Crippen LogP contribution in [0.15, 0.2) is 24.3 Å². The number of nitrogens with two attached hydrogens (primary N) is 2. The van der Waals surface area contributed by atoms with Gasteiger partial charge in [0.2, 0.25) is 0 Å². The SMILES string of the molecule is NC(CN[C@@H]1CCCC[C@H]1N)Cc1ccc([N+](=O)[O-])cc1. The summed E-state index contributed by atoms with van der Waals surface area (Å²) in [6.07, 6.45) is 5.34. The first-order chi connectivity index (χ1) is 10.1. The summed E-state index contributed by atoms with van der Waals surface area (Å²) in [5.74, 6) is 0. The van der Waals surface area contributed by atoms with Crippen molar-refractivity contribution in [2.24, 2.45) is 11.5 Å². The van der Waals surface area contributed by atoms with Crippen molar-refractivity contribution in [1.82, 2.24) is 5.32 Å². The van der Waals surface area contributed by atoms with E-state index in [1.165, 1.54) is 25.0 Å². The third-order valence-electron chi connectivity index (χ3n) is 4.11. The molecular formula is C15H24N4O2. The van der Waals surface area contributed by atoms with Gasteiger partial charge in [0.15, 0.2) is 0 Å². The molecule has 3 atom stereocenters. The number of nitrogens with zero attached hydrogens (tertiary/aromatic N) is 1. The molecule has 1 unspecified atom stereocenters. The molecule has 0 aliphatic heterocycles. The van der Waals surface area contributed by atoms with E-state index in [9.17, 15) is 10.1 Å². The van der Waals surface area contributed by atoms with Gasteiger partial charge in [0.05, 0.1) is 4.92 Å². The monoisotopic (exact) mass is 292 g/mol. The maximum absolute atomic E-state index is 10.6. The first kappa shape index (κ1) is 15.9. The smallest absolute Gasteiger partial charge is 0.269 e. The molecular weight excluding hydrogens is 268 g/mol. The van der Waals surface area contributed by atoms with E-state index in [0.717, 1.165) is 24.9 Å². The maximum atomic E-state index is 10.6. The Kier molecular flexibility index (Phi) is 5.67. The maximum Gasteiger partial charge on any atom is 0.269 e. The summed E-state index contributed by atoms with van der Waals surface area (Å²) in [4.78, 5) is 10.2. The summed E-state index contributed by atoms with van der Waals surface area (Å²) in [5, 5.41) is 14.1. The Labute approximate surface area is 125 Å². The lowest BCUT2D eigenvalue weighted by Crippen LogP contribution is -2.50. The zero-order valence-corrected chi connectivity index (χ0v) is 12.2. The van der Waals surface area contributed by atoms with Crippen LogP contribution in [0.4, 0.5) is 5.69 Å². The summed E-state index contributed by atoms with van der Waals surface area (Å²) >= 11 is 0. The van der Waals surface area contributed by atoms with E-state index in [0.29, 0.717) is 12.5 Å². The van der Waals surface area contributed by atoms with Gasteiger partial charge in [-0.05, 0) is 24.8 Å². The average Bonchev–Trinajstić information content (AvgIpc) is 2.47. The fourth-order valence-corrected chi connectivity index (χ4v) is 2.84. The van der Waals surface area contributed by atoms with Gasteiger partial charge >= 0.3 is 0 Å². The summed E-state index contributed by atoms with van der Waals surface area (Å²) in [6, 6.07) is 7.15. The lowest BCUT2D eigenvalue weighted by molar-refractivity contribution is -0.384. The van der Waals surface area contributed by atoms with Crippen LogP contribution in [0.3, 0.4) is 0 Å². The highest BCUT2D eigenvalue weighted by Crippen LogP contribution is 2.17. The van der Waals surface area contributed by atoms with Crippen molar-refractivity contribution in [2.45, 2.75) is 50.2 Å². The first-order valence-corrected chi connectivity index (χ1v) is 7.54. The lowest BCUT2D eigenvalue weighted by atomic mass is 9.91. The van der Waals surface area contributed by atoms with Crippen molar-refractivity contribution in [2.75, 3.05) is 6.54 Å². The van der Waals surface area contributed by atoms with Gasteiger partial charge in [-0.3, -0.25) is 10.1 Å². The Morgan fingerprint density at radius 2 is 1.95 bits per heavy atom. The molecule has 5 N–H and O–H groups in total. The second-order valence-electron chi connectivity index (χ2n) is 5.85. The van der Waals surface area contributed by atoms with Crippen LogP contribution in [-0.2, 0) is 6.42 Å². The molecule has 0 radical (unpaired) electrons. The molecule has 0 bridgehead atoms. The van der Waals surface area contributed by atoms with E-state index in [1.54, 1.807) is 12.1 Å². The van der Waals surface area contributed by atoms with Crippen molar-refractivity contribution in [3.63, 3.8) is 0 Å². The molecule has 1 aromatic rings. The second-order valence-corrected chi connectivity index (χ2v) is 5.85. The minimum Gasteiger partial charge on any atom is -0.326 e. The molecule has 21 heavy (non-hydrogen) atoms. The third-order valence-corrected chi connectivity index (χ3v) is 4.11. The molecule has 6 heteroatoms. The fourth-order valence-electron chi connectivity index (χ4n) is 2.84. The number of nitro benzene ring substituents is 1. The average molecular weight is 292 g/mol. The first-order valence-electron chi connectivity index (χ1n) is 7.54.